The van der Waals surface area contributed by atoms with Gasteiger partial charge in [0.25, 0.3) is 0 Å². The first-order valence-electron chi connectivity index (χ1n) is 9.84. The molecule has 0 bridgehead atoms. The van der Waals surface area contributed by atoms with E-state index in [1.165, 1.54) is 0 Å². The van der Waals surface area contributed by atoms with E-state index in [4.69, 9.17) is 38.2 Å². The molecule has 14 heteroatoms. The molecule has 2 amide bonds. The van der Waals surface area contributed by atoms with Crippen LogP contribution in [0.25, 0.3) is 0 Å². The molecule has 0 atom stereocenters. The summed E-state index contributed by atoms with van der Waals surface area (Å²) in [5.74, 6) is 9.52. The Balaban J connectivity index is 0. The second-order valence-electron chi connectivity index (χ2n) is 5.77. The first-order chi connectivity index (χ1) is 14.3. The van der Waals surface area contributed by atoms with Crippen molar-refractivity contribution in [2.24, 2.45) is 11.7 Å². The van der Waals surface area contributed by atoms with Gasteiger partial charge in [0.1, 0.15) is 0 Å². The number of nitrogens with one attached hydrogen (secondary N) is 2. The Hall–Kier alpha value is -0.946. The summed E-state index contributed by atoms with van der Waals surface area (Å²) >= 11 is 0. The molecule has 0 spiro atoms. The molecule has 0 aromatic rings. The van der Waals surface area contributed by atoms with Gasteiger partial charge in [0.2, 0.25) is 11.8 Å². The van der Waals surface area contributed by atoms with E-state index in [0.29, 0.717) is 44.8 Å². The number of nitrogens with two attached hydrogens (primary N) is 2. The van der Waals surface area contributed by atoms with Gasteiger partial charge in [-0.15, -0.1) is 0 Å². The summed E-state index contributed by atoms with van der Waals surface area (Å²) in [6.45, 7) is 7.16. The van der Waals surface area contributed by atoms with Crippen molar-refractivity contribution in [3.63, 3.8) is 0 Å². The summed E-state index contributed by atoms with van der Waals surface area (Å²) in [7, 11) is -0.577. The van der Waals surface area contributed by atoms with E-state index in [9.17, 15) is 9.59 Å². The lowest BCUT2D eigenvalue weighted by molar-refractivity contribution is -0.121. The Morgan fingerprint density at radius 1 is 0.700 bits per heavy atom. The zero-order valence-electron chi connectivity index (χ0n) is 19.1. The van der Waals surface area contributed by atoms with Gasteiger partial charge in [0, 0.05) is 66.1 Å². The summed E-state index contributed by atoms with van der Waals surface area (Å²) in [5, 5.41) is 0. The number of hydrazine groups is 2. The van der Waals surface area contributed by atoms with Gasteiger partial charge in [0.05, 0.1) is 0 Å². The van der Waals surface area contributed by atoms with Gasteiger partial charge in [-0.05, 0) is 27.2 Å². The fourth-order valence-corrected chi connectivity index (χ4v) is 6.69. The van der Waals surface area contributed by atoms with Crippen molar-refractivity contribution in [3.05, 3.63) is 0 Å². The summed E-state index contributed by atoms with van der Waals surface area (Å²) in [4.78, 5) is 21.9. The van der Waals surface area contributed by atoms with Crippen LogP contribution >= 0.6 is 0 Å². The Morgan fingerprint density at radius 2 is 1.10 bits per heavy atom. The molecule has 6 N–H and O–H groups in total. The Labute approximate surface area is 181 Å². The lowest BCUT2D eigenvalue weighted by Crippen LogP contribution is -2.47. The third kappa shape index (κ3) is 13.4. The van der Waals surface area contributed by atoms with Crippen molar-refractivity contribution in [2.75, 3.05) is 41.2 Å². The van der Waals surface area contributed by atoms with Gasteiger partial charge >= 0.3 is 17.6 Å². The predicted molar refractivity (Wildman–Crippen MR) is 116 cm³/mol. The van der Waals surface area contributed by atoms with E-state index < -0.39 is 17.6 Å². The molecule has 0 aliphatic carbocycles. The monoisotopic (exact) mass is 472 g/mol. The van der Waals surface area contributed by atoms with Gasteiger partial charge in [-0.25, -0.2) is 11.7 Å². The van der Waals surface area contributed by atoms with Crippen molar-refractivity contribution < 1.29 is 36.1 Å². The molecule has 0 saturated heterocycles. The number of carbonyl (C=O) groups excluding carboxylic acids is 2. The third-order valence-corrected chi connectivity index (χ3v) is 9.77. The number of carbonyl (C=O) groups is 2. The van der Waals surface area contributed by atoms with E-state index in [0.717, 1.165) is 0 Å². The van der Waals surface area contributed by atoms with Crippen LogP contribution in [0.4, 0.5) is 0 Å². The minimum Gasteiger partial charge on any atom is -0.377 e. The van der Waals surface area contributed by atoms with Gasteiger partial charge in [0.15, 0.2) is 0 Å². The fraction of sp³-hybridized carbons (Fsp3) is 0.875. The zero-order chi connectivity index (χ0) is 23.5. The van der Waals surface area contributed by atoms with Crippen LogP contribution in [0.3, 0.4) is 0 Å². The summed E-state index contributed by atoms with van der Waals surface area (Å²) in [6.07, 6.45) is 1.23. The van der Waals surface area contributed by atoms with Crippen molar-refractivity contribution >= 4 is 29.4 Å². The Morgan fingerprint density at radius 3 is 1.43 bits per heavy atom. The van der Waals surface area contributed by atoms with E-state index in [1.54, 1.807) is 21.3 Å². The van der Waals surface area contributed by atoms with Gasteiger partial charge in [-0.2, -0.15) is 0 Å². The van der Waals surface area contributed by atoms with Crippen LogP contribution in [0.1, 0.15) is 40.0 Å². The SMILES string of the molecule is CCO[Si](CCC(=O)NN)(OCC)OCC.CO[Si](CCCC(=O)NN)(OC)OC. The van der Waals surface area contributed by atoms with Crippen molar-refractivity contribution in [1.29, 1.82) is 0 Å². The van der Waals surface area contributed by atoms with Crippen molar-refractivity contribution in [3.8, 4) is 0 Å². The fourth-order valence-electron chi connectivity index (χ4n) is 2.43. The highest BCUT2D eigenvalue weighted by Gasteiger charge is 2.40. The topological polar surface area (TPSA) is 166 Å². The molecule has 0 aliphatic heterocycles. The van der Waals surface area contributed by atoms with Crippen LogP contribution in [-0.4, -0.2) is 70.6 Å². The minimum atomic E-state index is -2.69. The van der Waals surface area contributed by atoms with Crippen LogP contribution in [0.15, 0.2) is 0 Å². The number of hydrogen-bond donors (Lipinski definition) is 4. The predicted octanol–water partition coefficient (Wildman–Crippen LogP) is 0.0494. The van der Waals surface area contributed by atoms with Crippen molar-refractivity contribution in [2.45, 2.75) is 52.1 Å². The second kappa shape index (κ2) is 18.8. The number of rotatable bonds is 16. The maximum absolute atomic E-state index is 11.1. The molecule has 0 radical (unpaired) electrons. The van der Waals surface area contributed by atoms with E-state index in [-0.39, 0.29) is 18.2 Å². The molecular formula is C16H40N4O8Si2. The average Bonchev–Trinajstić information content (AvgIpc) is 2.76. The standard InChI is InChI=1S/C9H22N2O4Si.C7H18N2O4Si/c1-4-13-16(14-5-2,15-6-3)8-7-9(12)11-10;1-11-14(12-2,13-3)6-4-5-7(10)9-8/h4-8,10H2,1-3H3,(H,11,12);4-6,8H2,1-3H3,(H,9,10). The average molecular weight is 473 g/mol. The molecule has 0 aromatic carbocycles. The number of hydrogen-bond acceptors (Lipinski definition) is 10. The lowest BCUT2D eigenvalue weighted by atomic mass is 10.3. The summed E-state index contributed by atoms with van der Waals surface area (Å²) in [5.41, 5.74) is 4.14. The number of amides is 2. The van der Waals surface area contributed by atoms with Gasteiger partial charge in [-0.1, -0.05) is 0 Å². The Bertz CT molecular complexity index is 434. The molecule has 0 saturated carbocycles. The molecule has 0 aromatic heterocycles. The smallest absolute Gasteiger partial charge is 0.377 e. The Kier molecular flexibility index (Phi) is 19.6. The molecule has 0 unspecified atom stereocenters. The maximum atomic E-state index is 11.1. The zero-order valence-corrected chi connectivity index (χ0v) is 21.1. The summed E-state index contributed by atoms with van der Waals surface area (Å²) in [6, 6.07) is 1.05. The van der Waals surface area contributed by atoms with Crippen LogP contribution in [0.5, 0.6) is 0 Å². The highest BCUT2D eigenvalue weighted by Crippen LogP contribution is 2.18. The van der Waals surface area contributed by atoms with E-state index >= 15 is 0 Å². The van der Waals surface area contributed by atoms with E-state index in [2.05, 4.69) is 10.9 Å². The summed E-state index contributed by atoms with van der Waals surface area (Å²) < 4.78 is 32.3. The molecule has 0 rings (SSSR count). The normalized spacial score (nSPS) is 11.5. The molecule has 0 fully saturated rings. The molecular weight excluding hydrogens is 432 g/mol. The largest absolute Gasteiger partial charge is 0.501 e. The quantitative estimate of drug-likeness (QED) is 0.104. The van der Waals surface area contributed by atoms with Gasteiger partial charge in [-0.3, -0.25) is 20.4 Å². The highest BCUT2D eigenvalue weighted by molar-refractivity contribution is 6.61. The molecule has 180 valence electrons. The van der Waals surface area contributed by atoms with E-state index in [1.807, 2.05) is 20.8 Å². The van der Waals surface area contributed by atoms with Crippen LogP contribution < -0.4 is 22.5 Å². The van der Waals surface area contributed by atoms with Gasteiger partial charge < -0.3 is 26.6 Å². The van der Waals surface area contributed by atoms with Crippen LogP contribution in [0, 0.1) is 0 Å². The maximum Gasteiger partial charge on any atom is 0.501 e. The molecule has 12 nitrogen and oxygen atoms in total. The first-order valence-corrected chi connectivity index (χ1v) is 13.7. The first kappa shape index (κ1) is 31.2. The second-order valence-corrected chi connectivity index (χ2v) is 11.6. The molecule has 0 aliphatic rings. The molecule has 30 heavy (non-hydrogen) atoms. The van der Waals surface area contributed by atoms with Crippen LogP contribution in [0.2, 0.25) is 12.1 Å². The van der Waals surface area contributed by atoms with Crippen molar-refractivity contribution in [1.82, 2.24) is 10.9 Å². The highest BCUT2D eigenvalue weighted by atomic mass is 28.4. The van der Waals surface area contributed by atoms with Crippen LogP contribution in [-0.2, 0) is 36.1 Å². The minimum absolute atomic E-state index is 0.198. The lowest BCUT2D eigenvalue weighted by Gasteiger charge is -2.28. The third-order valence-electron chi connectivity index (χ3n) is 3.89. The molecule has 0 heterocycles.